The van der Waals surface area contributed by atoms with E-state index in [2.05, 4.69) is 30.6 Å². The van der Waals surface area contributed by atoms with E-state index in [1.54, 1.807) is 42.8 Å². The first-order valence-corrected chi connectivity index (χ1v) is 9.48. The highest BCUT2D eigenvalue weighted by atomic mass is 16.6. The number of carbonyl (C=O) groups is 2. The molecule has 0 fully saturated rings. The number of nitrogens with zero attached hydrogens (tertiary/aromatic N) is 5. The summed E-state index contributed by atoms with van der Waals surface area (Å²) in [7, 11) is 0. The molecule has 3 heterocycles. The number of amides is 2. The minimum absolute atomic E-state index is 0.223. The lowest BCUT2D eigenvalue weighted by atomic mass is 10.1. The minimum atomic E-state index is -0.553. The largest absolute Gasteiger partial charge is 0.447 e. The Morgan fingerprint density at radius 3 is 2.68 bits per heavy atom. The number of nitrogens with one attached hydrogen (secondary N) is 2. The molecule has 4 rings (SSSR count). The van der Waals surface area contributed by atoms with Crippen LogP contribution in [0.4, 0.5) is 16.2 Å². The molecule has 0 radical (unpaired) electrons. The molecule has 0 saturated heterocycles. The van der Waals surface area contributed by atoms with Crippen molar-refractivity contribution in [3.8, 4) is 11.3 Å². The Bertz CT molecular complexity index is 1240. The number of benzene rings is 1. The van der Waals surface area contributed by atoms with E-state index in [0.29, 0.717) is 22.8 Å². The Hall–Kier alpha value is -4.34. The van der Waals surface area contributed by atoms with Crippen LogP contribution in [0.3, 0.4) is 0 Å². The average Bonchev–Trinajstić information content (AvgIpc) is 3.17. The van der Waals surface area contributed by atoms with Crippen molar-refractivity contribution in [2.45, 2.75) is 20.0 Å². The molecule has 0 unspecified atom stereocenters. The number of hydrogen-bond acceptors (Lipinski definition) is 7. The topological polar surface area (TPSA) is 123 Å². The van der Waals surface area contributed by atoms with Gasteiger partial charge in [0, 0.05) is 36.0 Å². The highest BCUT2D eigenvalue weighted by Crippen LogP contribution is 2.23. The summed E-state index contributed by atoms with van der Waals surface area (Å²) in [6, 6.07) is 7.26. The third-order valence-corrected chi connectivity index (χ3v) is 4.11. The second kappa shape index (κ2) is 8.57. The van der Waals surface area contributed by atoms with Crippen molar-refractivity contribution in [2.75, 3.05) is 10.6 Å². The predicted octanol–water partition coefficient (Wildman–Crippen LogP) is 3.40. The van der Waals surface area contributed by atoms with E-state index in [1.807, 2.05) is 12.1 Å². The number of hydrogen-bond donors (Lipinski definition) is 2. The molecule has 0 aliphatic rings. The molecule has 31 heavy (non-hydrogen) atoms. The van der Waals surface area contributed by atoms with E-state index in [4.69, 9.17) is 4.74 Å². The Kier molecular flexibility index (Phi) is 5.52. The molecule has 0 bridgehead atoms. The van der Waals surface area contributed by atoms with E-state index in [9.17, 15) is 9.59 Å². The number of fused-ring (bicyclic) bond motifs is 1. The van der Waals surface area contributed by atoms with Crippen molar-refractivity contribution in [2.24, 2.45) is 0 Å². The van der Waals surface area contributed by atoms with E-state index >= 15 is 0 Å². The van der Waals surface area contributed by atoms with E-state index in [0.717, 1.165) is 5.56 Å². The number of aromatic nitrogens is 5. The Morgan fingerprint density at radius 2 is 1.90 bits per heavy atom. The van der Waals surface area contributed by atoms with Crippen molar-refractivity contribution in [1.82, 2.24) is 24.3 Å². The minimum Gasteiger partial charge on any atom is -0.447 e. The molecule has 1 aromatic carbocycles. The van der Waals surface area contributed by atoms with Crippen LogP contribution in [0.15, 0.2) is 61.4 Å². The maximum absolute atomic E-state index is 12.3. The zero-order valence-corrected chi connectivity index (χ0v) is 16.8. The molecule has 2 amide bonds. The van der Waals surface area contributed by atoms with Crippen molar-refractivity contribution in [1.29, 1.82) is 0 Å². The summed E-state index contributed by atoms with van der Waals surface area (Å²) in [5, 5.41) is 5.43. The molecule has 0 atom stereocenters. The van der Waals surface area contributed by atoms with Crippen molar-refractivity contribution in [3.05, 3.63) is 67.1 Å². The summed E-state index contributed by atoms with van der Waals surface area (Å²) in [5.74, 6) is 0.109. The molecule has 10 nitrogen and oxygen atoms in total. The average molecular weight is 417 g/mol. The van der Waals surface area contributed by atoms with Gasteiger partial charge in [0.1, 0.15) is 5.69 Å². The fraction of sp³-hybridized carbons (Fsp3) is 0.143. The van der Waals surface area contributed by atoms with Gasteiger partial charge in [0.25, 0.3) is 5.91 Å². The summed E-state index contributed by atoms with van der Waals surface area (Å²) in [6.45, 7) is 3.54. The Balaban J connectivity index is 1.54. The zero-order chi connectivity index (χ0) is 21.8. The summed E-state index contributed by atoms with van der Waals surface area (Å²) < 4.78 is 6.77. The summed E-state index contributed by atoms with van der Waals surface area (Å²) >= 11 is 0. The zero-order valence-electron chi connectivity index (χ0n) is 16.8. The molecule has 2 N–H and O–H groups in total. The van der Waals surface area contributed by atoms with Crippen molar-refractivity contribution < 1.29 is 14.3 Å². The molecule has 0 spiro atoms. The second-order valence-electron chi connectivity index (χ2n) is 6.88. The van der Waals surface area contributed by atoms with Crippen molar-refractivity contribution in [3.63, 3.8) is 0 Å². The number of imidazole rings is 1. The van der Waals surface area contributed by atoms with Gasteiger partial charge in [0.2, 0.25) is 5.78 Å². The van der Waals surface area contributed by atoms with Gasteiger partial charge >= 0.3 is 6.09 Å². The van der Waals surface area contributed by atoms with Gasteiger partial charge in [-0.1, -0.05) is 12.1 Å². The van der Waals surface area contributed by atoms with Crippen LogP contribution in [-0.2, 0) is 4.74 Å². The van der Waals surface area contributed by atoms with Gasteiger partial charge in [-0.05, 0) is 26.0 Å². The summed E-state index contributed by atoms with van der Waals surface area (Å²) in [5.41, 5.74) is 2.74. The lowest BCUT2D eigenvalue weighted by Gasteiger charge is -2.09. The normalized spacial score (nSPS) is 10.8. The summed E-state index contributed by atoms with van der Waals surface area (Å²) in [6.07, 6.45) is 8.57. The number of carbonyl (C=O) groups excluding carboxylic acids is 2. The monoisotopic (exact) mass is 417 g/mol. The molecule has 156 valence electrons. The van der Waals surface area contributed by atoms with Gasteiger partial charge < -0.3 is 10.1 Å². The fourth-order valence-electron chi connectivity index (χ4n) is 2.82. The van der Waals surface area contributed by atoms with Gasteiger partial charge in [0.05, 0.1) is 29.9 Å². The van der Waals surface area contributed by atoms with E-state index in [-0.39, 0.29) is 17.7 Å². The number of ether oxygens (including phenoxy) is 1. The van der Waals surface area contributed by atoms with Crippen LogP contribution in [0.25, 0.3) is 17.0 Å². The Labute approximate surface area is 177 Å². The second-order valence-corrected chi connectivity index (χ2v) is 6.88. The van der Waals surface area contributed by atoms with E-state index < -0.39 is 6.09 Å². The molecule has 0 saturated carbocycles. The highest BCUT2D eigenvalue weighted by Gasteiger charge is 2.11. The molecular weight excluding hydrogens is 398 g/mol. The first-order valence-electron chi connectivity index (χ1n) is 9.48. The van der Waals surface area contributed by atoms with Crippen LogP contribution in [0.2, 0.25) is 0 Å². The van der Waals surface area contributed by atoms with Crippen LogP contribution in [0.1, 0.15) is 24.3 Å². The van der Waals surface area contributed by atoms with Gasteiger partial charge in [-0.25, -0.2) is 19.7 Å². The fourth-order valence-corrected chi connectivity index (χ4v) is 2.82. The molecule has 3 aromatic heterocycles. The lowest BCUT2D eigenvalue weighted by Crippen LogP contribution is -2.18. The maximum Gasteiger partial charge on any atom is 0.411 e. The number of rotatable bonds is 5. The first-order chi connectivity index (χ1) is 15.0. The number of anilines is 2. The third-order valence-electron chi connectivity index (χ3n) is 4.11. The molecular formula is C21H19N7O3. The van der Waals surface area contributed by atoms with Crippen LogP contribution >= 0.6 is 0 Å². The summed E-state index contributed by atoms with van der Waals surface area (Å²) in [4.78, 5) is 40.8. The Morgan fingerprint density at radius 1 is 1.03 bits per heavy atom. The first kappa shape index (κ1) is 20.0. The SMILES string of the molecule is CC(C)OC(=O)Nc1cnc2nc(-c3cccc(NC(=O)c4cnccn4)c3)cn2c1. The smallest absolute Gasteiger partial charge is 0.411 e. The standard InChI is InChI=1S/C21H19N7O3/c1-13(2)31-21(30)26-16-9-24-20-27-18(12-28(20)11-16)14-4-3-5-15(8-14)25-19(29)17-10-22-6-7-23-17/h3-13H,1-2H3,(H,25,29)(H,26,30). The van der Waals surface area contributed by atoms with Gasteiger partial charge in [-0.2, -0.15) is 0 Å². The van der Waals surface area contributed by atoms with E-state index in [1.165, 1.54) is 24.8 Å². The molecule has 0 aliphatic heterocycles. The predicted molar refractivity (Wildman–Crippen MR) is 114 cm³/mol. The molecule has 4 aromatic rings. The molecule has 10 heteroatoms. The van der Waals surface area contributed by atoms with Crippen LogP contribution in [0.5, 0.6) is 0 Å². The van der Waals surface area contributed by atoms with Gasteiger partial charge in [0.15, 0.2) is 0 Å². The van der Waals surface area contributed by atoms with Gasteiger partial charge in [-0.15, -0.1) is 0 Å². The highest BCUT2D eigenvalue weighted by molar-refractivity contribution is 6.02. The van der Waals surface area contributed by atoms with Crippen LogP contribution < -0.4 is 10.6 Å². The molecule has 0 aliphatic carbocycles. The van der Waals surface area contributed by atoms with Crippen LogP contribution in [-0.4, -0.2) is 42.4 Å². The quantitative estimate of drug-likeness (QED) is 0.510. The lowest BCUT2D eigenvalue weighted by molar-refractivity contribution is 0.102. The van der Waals surface area contributed by atoms with Crippen molar-refractivity contribution >= 4 is 29.2 Å². The van der Waals surface area contributed by atoms with Gasteiger partial charge in [-0.3, -0.25) is 19.5 Å². The maximum atomic E-state index is 12.3. The van der Waals surface area contributed by atoms with Crippen LogP contribution in [0, 0.1) is 0 Å². The third kappa shape index (κ3) is 4.81.